The molecule has 1 aliphatic rings. The van der Waals surface area contributed by atoms with E-state index < -0.39 is 0 Å². The first kappa shape index (κ1) is 21.4. The van der Waals surface area contributed by atoms with Crippen LogP contribution in [0, 0.1) is 11.3 Å². The van der Waals surface area contributed by atoms with Gasteiger partial charge in [-0.05, 0) is 37.9 Å². The van der Waals surface area contributed by atoms with Crippen molar-refractivity contribution in [2.45, 2.75) is 19.4 Å². The molecular formula is C19H29N5O2. The number of carbonyl (C=O) groups excluding carboxylic acids is 2. The Hall–Kier alpha value is -2.67. The summed E-state index contributed by atoms with van der Waals surface area (Å²) in [5.41, 5.74) is 6.18. The van der Waals surface area contributed by atoms with Crippen molar-refractivity contribution in [2.24, 2.45) is 11.7 Å². The Morgan fingerprint density at radius 2 is 1.96 bits per heavy atom. The number of urea groups is 1. The Morgan fingerprint density at radius 3 is 2.42 bits per heavy atom. The Kier molecular flexibility index (Phi) is 10.4. The van der Waals surface area contributed by atoms with Crippen LogP contribution in [0.15, 0.2) is 42.1 Å². The first-order chi connectivity index (χ1) is 12.6. The quantitative estimate of drug-likeness (QED) is 0.350. The maximum Gasteiger partial charge on any atom is 0.317 e. The molecule has 0 unspecified atom stereocenters. The highest BCUT2D eigenvalue weighted by Crippen LogP contribution is 2.16. The van der Waals surface area contributed by atoms with E-state index >= 15 is 0 Å². The number of likely N-dealkylation sites (tertiary alicyclic amines) is 1. The van der Waals surface area contributed by atoms with Crippen molar-refractivity contribution in [3.05, 3.63) is 47.7 Å². The molecule has 0 radical (unpaired) electrons. The number of rotatable bonds is 6. The second-order valence-electron chi connectivity index (χ2n) is 6.06. The number of carbonyl (C=O) groups is 2. The smallest absolute Gasteiger partial charge is 0.317 e. The van der Waals surface area contributed by atoms with Gasteiger partial charge in [0.15, 0.2) is 6.29 Å². The summed E-state index contributed by atoms with van der Waals surface area (Å²) in [6.07, 6.45) is 4.69. The molecule has 5 N–H and O–H groups in total. The second-order valence-corrected chi connectivity index (χ2v) is 6.06. The molecule has 0 bridgehead atoms. The van der Waals surface area contributed by atoms with Gasteiger partial charge in [0, 0.05) is 37.6 Å². The Bertz CT molecular complexity index is 571. The van der Waals surface area contributed by atoms with Crippen LogP contribution in [0.25, 0.3) is 0 Å². The van der Waals surface area contributed by atoms with Crippen molar-refractivity contribution in [1.29, 1.82) is 5.41 Å². The Morgan fingerprint density at radius 1 is 1.31 bits per heavy atom. The van der Waals surface area contributed by atoms with Crippen LogP contribution in [-0.4, -0.2) is 50.1 Å². The fraction of sp³-hybridized carbons (Fsp3) is 0.421. The van der Waals surface area contributed by atoms with Gasteiger partial charge < -0.3 is 26.7 Å². The predicted octanol–water partition coefficient (Wildman–Crippen LogP) is 1.51. The first-order valence-corrected chi connectivity index (χ1v) is 8.73. The lowest BCUT2D eigenvalue weighted by atomic mass is 9.97. The fourth-order valence-corrected chi connectivity index (χ4v) is 2.64. The molecule has 26 heavy (non-hydrogen) atoms. The number of benzene rings is 1. The molecular weight excluding hydrogens is 330 g/mol. The predicted molar refractivity (Wildman–Crippen MR) is 104 cm³/mol. The highest BCUT2D eigenvalue weighted by atomic mass is 16.2. The van der Waals surface area contributed by atoms with E-state index in [0.717, 1.165) is 50.5 Å². The summed E-state index contributed by atoms with van der Waals surface area (Å²) >= 11 is 0. The summed E-state index contributed by atoms with van der Waals surface area (Å²) in [6.45, 7) is 3.40. The van der Waals surface area contributed by atoms with Crippen LogP contribution >= 0.6 is 0 Å². The molecule has 7 heteroatoms. The second kappa shape index (κ2) is 12.7. The van der Waals surface area contributed by atoms with Gasteiger partial charge >= 0.3 is 6.03 Å². The van der Waals surface area contributed by atoms with Gasteiger partial charge in [0.25, 0.3) is 0 Å². The third-order valence-corrected chi connectivity index (χ3v) is 4.18. The highest BCUT2D eigenvalue weighted by molar-refractivity contribution is 6.00. The van der Waals surface area contributed by atoms with Gasteiger partial charge in [-0.2, -0.15) is 0 Å². The highest BCUT2D eigenvalue weighted by Gasteiger charge is 2.21. The topological polar surface area (TPSA) is 111 Å². The molecule has 1 aromatic carbocycles. The van der Waals surface area contributed by atoms with Crippen LogP contribution in [0.1, 0.15) is 18.4 Å². The standard InChI is InChI=1S/C15H23N3O.C4H6N2O/c1-16-11-14-7-9-18(10-8-14)15(19)17-12-13-5-3-2-4-6-13;5-1-4(2-6)3-7/h2-6,14,16H,7-12H2,1H3,(H,17,19);1-3,5H,6H2/b;4-2+,5-1?. The minimum Gasteiger partial charge on any atom is -0.404 e. The molecule has 0 saturated carbocycles. The van der Waals surface area contributed by atoms with E-state index in [1.807, 2.05) is 42.3 Å². The van der Waals surface area contributed by atoms with Crippen LogP contribution in [0.2, 0.25) is 0 Å². The van der Waals surface area contributed by atoms with Gasteiger partial charge in [0.1, 0.15) is 0 Å². The first-order valence-electron chi connectivity index (χ1n) is 8.73. The number of hydrogen-bond donors (Lipinski definition) is 4. The van der Waals surface area contributed by atoms with Crippen molar-refractivity contribution < 1.29 is 9.59 Å². The van der Waals surface area contributed by atoms with Gasteiger partial charge in [-0.25, -0.2) is 4.79 Å². The van der Waals surface area contributed by atoms with Crippen molar-refractivity contribution >= 4 is 18.5 Å². The Labute approximate surface area is 155 Å². The molecule has 2 amide bonds. The van der Waals surface area contributed by atoms with Crippen molar-refractivity contribution in [3.63, 3.8) is 0 Å². The molecule has 2 rings (SSSR count). The van der Waals surface area contributed by atoms with Crippen LogP contribution < -0.4 is 16.4 Å². The molecule has 1 heterocycles. The molecule has 1 aliphatic heterocycles. The fourth-order valence-electron chi connectivity index (χ4n) is 2.64. The van der Waals surface area contributed by atoms with E-state index in [0.29, 0.717) is 18.7 Å². The third-order valence-electron chi connectivity index (χ3n) is 4.18. The zero-order chi connectivity index (χ0) is 19.2. The van der Waals surface area contributed by atoms with E-state index in [1.54, 1.807) is 0 Å². The van der Waals surface area contributed by atoms with E-state index in [9.17, 15) is 9.59 Å². The molecule has 0 aliphatic carbocycles. The molecule has 1 saturated heterocycles. The molecule has 0 aromatic heterocycles. The van der Waals surface area contributed by atoms with E-state index in [2.05, 4.69) is 10.6 Å². The summed E-state index contributed by atoms with van der Waals surface area (Å²) in [6, 6.07) is 10.1. The minimum atomic E-state index is 0.0618. The average Bonchev–Trinajstić information content (AvgIpc) is 2.70. The zero-order valence-electron chi connectivity index (χ0n) is 15.3. The number of nitrogens with one attached hydrogen (secondary N) is 3. The normalized spacial score (nSPS) is 14.8. The maximum atomic E-state index is 12.0. The summed E-state index contributed by atoms with van der Waals surface area (Å²) in [7, 11) is 1.99. The van der Waals surface area contributed by atoms with Gasteiger partial charge in [0.05, 0.1) is 0 Å². The maximum absolute atomic E-state index is 12.0. The molecule has 142 valence electrons. The number of hydrogen-bond acceptors (Lipinski definition) is 5. The van der Waals surface area contributed by atoms with Crippen LogP contribution in [-0.2, 0) is 11.3 Å². The largest absolute Gasteiger partial charge is 0.404 e. The number of allylic oxidation sites excluding steroid dienone is 1. The number of nitrogens with zero attached hydrogens (tertiary/aromatic N) is 1. The van der Waals surface area contributed by atoms with Crippen LogP contribution in [0.5, 0.6) is 0 Å². The summed E-state index contributed by atoms with van der Waals surface area (Å²) in [5.74, 6) is 0.711. The summed E-state index contributed by atoms with van der Waals surface area (Å²) < 4.78 is 0. The third kappa shape index (κ3) is 7.94. The van der Waals surface area contributed by atoms with Crippen molar-refractivity contribution in [1.82, 2.24) is 15.5 Å². The SMILES string of the molecule is CNCC1CCN(C(=O)NCc2ccccc2)CC1.N=C/C(C=O)=C\N. The van der Waals surface area contributed by atoms with E-state index in [1.165, 1.54) is 0 Å². The number of amides is 2. The Balaban J connectivity index is 0.000000412. The van der Waals surface area contributed by atoms with E-state index in [4.69, 9.17) is 11.1 Å². The minimum absolute atomic E-state index is 0.0618. The zero-order valence-corrected chi connectivity index (χ0v) is 15.3. The van der Waals surface area contributed by atoms with Crippen molar-refractivity contribution in [2.75, 3.05) is 26.7 Å². The van der Waals surface area contributed by atoms with Gasteiger partial charge in [0.2, 0.25) is 0 Å². The van der Waals surface area contributed by atoms with Crippen LogP contribution in [0.4, 0.5) is 4.79 Å². The van der Waals surface area contributed by atoms with Crippen molar-refractivity contribution in [3.8, 4) is 0 Å². The van der Waals surface area contributed by atoms with E-state index in [-0.39, 0.29) is 11.6 Å². The monoisotopic (exact) mass is 359 g/mol. The number of piperidine rings is 1. The average molecular weight is 359 g/mol. The van der Waals surface area contributed by atoms with Crippen LogP contribution in [0.3, 0.4) is 0 Å². The number of nitrogens with two attached hydrogens (primary N) is 1. The summed E-state index contributed by atoms with van der Waals surface area (Å²) in [5, 5.41) is 12.7. The molecule has 7 nitrogen and oxygen atoms in total. The lowest BCUT2D eigenvalue weighted by molar-refractivity contribution is -0.104. The number of aldehydes is 1. The summed E-state index contributed by atoms with van der Waals surface area (Å²) in [4.78, 5) is 23.6. The lowest BCUT2D eigenvalue weighted by Crippen LogP contribution is -2.45. The lowest BCUT2D eigenvalue weighted by Gasteiger charge is -2.32. The molecule has 1 fully saturated rings. The molecule has 0 spiro atoms. The molecule has 0 atom stereocenters. The molecule has 1 aromatic rings. The van der Waals surface area contributed by atoms with Gasteiger partial charge in [-0.1, -0.05) is 30.3 Å². The van der Waals surface area contributed by atoms with Gasteiger partial charge in [-0.3, -0.25) is 4.79 Å². The van der Waals surface area contributed by atoms with Gasteiger partial charge in [-0.15, -0.1) is 0 Å².